The lowest BCUT2D eigenvalue weighted by molar-refractivity contribution is -0.136. The van der Waals surface area contributed by atoms with E-state index in [4.69, 9.17) is 10.7 Å². The van der Waals surface area contributed by atoms with Crippen LogP contribution in [-0.4, -0.2) is 39.6 Å². The van der Waals surface area contributed by atoms with E-state index in [2.05, 4.69) is 5.32 Å². The minimum Gasteiger partial charge on any atom is -0.366 e. The number of hydrogen-bond acceptors (Lipinski definition) is 5. The first-order valence-electron chi connectivity index (χ1n) is 12.8. The van der Waals surface area contributed by atoms with Crippen molar-refractivity contribution in [1.82, 2.24) is 15.2 Å². The maximum absolute atomic E-state index is 13.1. The van der Waals surface area contributed by atoms with Crippen LogP contribution in [0.1, 0.15) is 55.8 Å². The number of fused-ring (bicyclic) bond motifs is 2. The lowest BCUT2D eigenvalue weighted by atomic mass is 9.90. The molecule has 2 aliphatic heterocycles. The van der Waals surface area contributed by atoms with Crippen molar-refractivity contribution in [3.05, 3.63) is 100 Å². The smallest absolute Gasteiger partial charge is 0.255 e. The Morgan fingerprint density at radius 3 is 2.59 bits per heavy atom. The number of aromatic nitrogens is 1. The van der Waals surface area contributed by atoms with Crippen molar-refractivity contribution in [2.75, 3.05) is 0 Å². The van der Waals surface area contributed by atoms with Gasteiger partial charge in [0.1, 0.15) is 6.04 Å². The number of pyridine rings is 1. The van der Waals surface area contributed by atoms with Crippen LogP contribution in [0.2, 0.25) is 0 Å². The number of imide groups is 1. The SMILES string of the molecule is Cc1ccc2nc(-c3ccccc3)c(Cc3ccc4c(c3)CN(C3CCC(=O)NC3=O)C4=O)c(C(N)=O)c2c1. The number of carbonyl (C=O) groups excluding carboxylic acids is 4. The van der Waals surface area contributed by atoms with E-state index in [9.17, 15) is 19.2 Å². The monoisotopic (exact) mass is 518 g/mol. The molecule has 0 saturated carbocycles. The summed E-state index contributed by atoms with van der Waals surface area (Å²) in [4.78, 5) is 56.5. The summed E-state index contributed by atoms with van der Waals surface area (Å²) in [5.41, 5.74) is 12.6. The molecule has 0 spiro atoms. The number of rotatable bonds is 5. The number of aryl methyl sites for hydroxylation is 1. The number of carbonyl (C=O) groups is 4. The van der Waals surface area contributed by atoms with Crippen LogP contribution in [0.15, 0.2) is 66.7 Å². The van der Waals surface area contributed by atoms with Crippen LogP contribution in [0, 0.1) is 6.92 Å². The van der Waals surface area contributed by atoms with E-state index in [1.54, 1.807) is 6.07 Å². The number of benzene rings is 3. The fraction of sp³-hybridized carbons (Fsp3) is 0.194. The van der Waals surface area contributed by atoms with Crippen LogP contribution in [0.4, 0.5) is 0 Å². The van der Waals surface area contributed by atoms with Gasteiger partial charge in [0.05, 0.1) is 16.8 Å². The first kappa shape index (κ1) is 24.5. The first-order chi connectivity index (χ1) is 18.8. The number of piperidine rings is 1. The number of nitrogens with two attached hydrogens (primary N) is 1. The zero-order chi connectivity index (χ0) is 27.3. The van der Waals surface area contributed by atoms with Gasteiger partial charge in [-0.1, -0.05) is 54.1 Å². The summed E-state index contributed by atoms with van der Waals surface area (Å²) in [5, 5.41) is 3.04. The Morgan fingerprint density at radius 1 is 1.05 bits per heavy atom. The van der Waals surface area contributed by atoms with E-state index in [0.717, 1.165) is 27.8 Å². The molecule has 4 aromatic rings. The number of nitrogens with zero attached hydrogens (tertiary/aromatic N) is 2. The second-order valence-electron chi connectivity index (χ2n) is 10.1. The predicted octanol–water partition coefficient (Wildman–Crippen LogP) is 3.66. The van der Waals surface area contributed by atoms with Gasteiger partial charge in [0.25, 0.3) is 5.91 Å². The largest absolute Gasteiger partial charge is 0.366 e. The molecule has 6 rings (SSSR count). The molecule has 0 radical (unpaired) electrons. The standard InChI is InChI=1S/C31H26N4O4/c1-17-7-10-24-22(13-17)27(29(32)37)23(28(33-24)19-5-3-2-4-6-19)15-18-8-9-21-20(14-18)16-35(31(21)39)25-11-12-26(36)34-30(25)38/h2-10,13-14,25H,11-12,15-16H2,1H3,(H2,32,37)(H,34,36,38). The molecule has 8 heteroatoms. The van der Waals surface area contributed by atoms with Crippen molar-refractivity contribution in [3.63, 3.8) is 0 Å². The van der Waals surface area contributed by atoms with Crippen molar-refractivity contribution in [2.24, 2.45) is 5.73 Å². The molecule has 0 bridgehead atoms. The average Bonchev–Trinajstić information content (AvgIpc) is 3.23. The van der Waals surface area contributed by atoms with E-state index in [-0.39, 0.29) is 24.8 Å². The van der Waals surface area contributed by atoms with Gasteiger partial charge in [-0.25, -0.2) is 4.98 Å². The van der Waals surface area contributed by atoms with Crippen molar-refractivity contribution in [1.29, 1.82) is 0 Å². The van der Waals surface area contributed by atoms with E-state index >= 15 is 0 Å². The van der Waals surface area contributed by atoms with Crippen LogP contribution in [-0.2, 0) is 22.6 Å². The zero-order valence-corrected chi connectivity index (χ0v) is 21.4. The van der Waals surface area contributed by atoms with Crippen molar-refractivity contribution >= 4 is 34.5 Å². The molecule has 194 valence electrons. The summed E-state index contributed by atoms with van der Waals surface area (Å²) in [5.74, 6) is -1.51. The summed E-state index contributed by atoms with van der Waals surface area (Å²) in [6, 6.07) is 20.4. The third-order valence-electron chi connectivity index (χ3n) is 7.50. The number of nitrogens with one attached hydrogen (secondary N) is 1. The molecule has 0 aliphatic carbocycles. The average molecular weight is 519 g/mol. The maximum Gasteiger partial charge on any atom is 0.255 e. The molecule has 1 saturated heterocycles. The zero-order valence-electron chi connectivity index (χ0n) is 21.4. The van der Waals surface area contributed by atoms with Gasteiger partial charge in [0.15, 0.2) is 0 Å². The highest BCUT2D eigenvalue weighted by Gasteiger charge is 2.39. The van der Waals surface area contributed by atoms with Crippen molar-refractivity contribution in [2.45, 2.75) is 38.8 Å². The summed E-state index contributed by atoms with van der Waals surface area (Å²) < 4.78 is 0. The van der Waals surface area contributed by atoms with Gasteiger partial charge in [-0.15, -0.1) is 0 Å². The van der Waals surface area contributed by atoms with Gasteiger partial charge in [0, 0.05) is 35.9 Å². The lowest BCUT2D eigenvalue weighted by Gasteiger charge is -2.29. The highest BCUT2D eigenvalue weighted by Crippen LogP contribution is 2.34. The summed E-state index contributed by atoms with van der Waals surface area (Å²) >= 11 is 0. The van der Waals surface area contributed by atoms with Gasteiger partial charge in [0.2, 0.25) is 17.7 Å². The van der Waals surface area contributed by atoms with Crippen molar-refractivity contribution in [3.8, 4) is 11.3 Å². The van der Waals surface area contributed by atoms with Crippen LogP contribution in [0.25, 0.3) is 22.2 Å². The Bertz CT molecular complexity index is 1700. The number of primary amides is 1. The fourth-order valence-corrected chi connectivity index (χ4v) is 5.65. The van der Waals surface area contributed by atoms with E-state index in [0.29, 0.717) is 40.6 Å². The Labute approximate surface area is 224 Å². The fourth-order valence-electron chi connectivity index (χ4n) is 5.65. The van der Waals surface area contributed by atoms with Crippen molar-refractivity contribution < 1.29 is 19.2 Å². The maximum atomic E-state index is 13.1. The Hall–Kier alpha value is -4.85. The van der Waals surface area contributed by atoms with Gasteiger partial charge < -0.3 is 10.6 Å². The molecule has 2 aliphatic rings. The summed E-state index contributed by atoms with van der Waals surface area (Å²) in [7, 11) is 0. The van der Waals surface area contributed by atoms with Gasteiger partial charge >= 0.3 is 0 Å². The highest BCUT2D eigenvalue weighted by atomic mass is 16.2. The number of amides is 4. The molecule has 3 aromatic carbocycles. The van der Waals surface area contributed by atoms with E-state index in [1.807, 2.05) is 67.6 Å². The van der Waals surface area contributed by atoms with Gasteiger partial charge in [-0.05, 0) is 48.2 Å². The minimum absolute atomic E-state index is 0.203. The Kier molecular flexibility index (Phi) is 5.95. The Morgan fingerprint density at radius 2 is 1.85 bits per heavy atom. The molecule has 8 nitrogen and oxygen atoms in total. The molecule has 1 atom stereocenters. The molecular weight excluding hydrogens is 492 g/mol. The van der Waals surface area contributed by atoms with E-state index in [1.165, 1.54) is 4.90 Å². The number of hydrogen-bond donors (Lipinski definition) is 2. The molecular formula is C31H26N4O4. The molecule has 1 unspecified atom stereocenters. The summed E-state index contributed by atoms with van der Waals surface area (Å²) in [6.07, 6.45) is 0.884. The minimum atomic E-state index is -0.676. The molecule has 1 aromatic heterocycles. The second kappa shape index (κ2) is 9.47. The van der Waals surface area contributed by atoms with Crippen LogP contribution in [0.3, 0.4) is 0 Å². The lowest BCUT2D eigenvalue weighted by Crippen LogP contribution is -2.52. The molecule has 39 heavy (non-hydrogen) atoms. The van der Waals surface area contributed by atoms with Gasteiger partial charge in [-0.3, -0.25) is 24.5 Å². The van der Waals surface area contributed by atoms with Crippen LogP contribution >= 0.6 is 0 Å². The third-order valence-corrected chi connectivity index (χ3v) is 7.50. The molecule has 4 amide bonds. The molecule has 3 N–H and O–H groups in total. The quantitative estimate of drug-likeness (QED) is 0.391. The Balaban J connectivity index is 1.42. The van der Waals surface area contributed by atoms with Crippen LogP contribution in [0.5, 0.6) is 0 Å². The first-order valence-corrected chi connectivity index (χ1v) is 12.8. The second-order valence-corrected chi connectivity index (χ2v) is 10.1. The third kappa shape index (κ3) is 4.33. The summed E-state index contributed by atoms with van der Waals surface area (Å²) in [6.45, 7) is 2.23. The van der Waals surface area contributed by atoms with Crippen LogP contribution < -0.4 is 11.1 Å². The van der Waals surface area contributed by atoms with E-state index < -0.39 is 17.9 Å². The normalized spacial score (nSPS) is 16.9. The topological polar surface area (TPSA) is 122 Å². The highest BCUT2D eigenvalue weighted by molar-refractivity contribution is 6.09. The molecule has 3 heterocycles. The predicted molar refractivity (Wildman–Crippen MR) is 146 cm³/mol. The molecule has 1 fully saturated rings. The van der Waals surface area contributed by atoms with Gasteiger partial charge in [-0.2, -0.15) is 0 Å².